The Morgan fingerprint density at radius 2 is 1.91 bits per heavy atom. The maximum absolute atomic E-state index is 12.0. The van der Waals surface area contributed by atoms with Crippen LogP contribution in [0.3, 0.4) is 0 Å². The van der Waals surface area contributed by atoms with E-state index in [1.165, 1.54) is 0 Å². The number of ether oxygens (including phenoxy) is 2. The topological polar surface area (TPSA) is 47.6 Å². The summed E-state index contributed by atoms with van der Waals surface area (Å²) in [6, 6.07) is 5.69. The summed E-state index contributed by atoms with van der Waals surface area (Å²) >= 11 is 0. The predicted octanol–water partition coefficient (Wildman–Crippen LogP) is 4.19. The Labute approximate surface area is 139 Å². The first-order valence-corrected chi connectivity index (χ1v) is 8.31. The van der Waals surface area contributed by atoms with E-state index >= 15 is 0 Å². The fourth-order valence-corrected chi connectivity index (χ4v) is 1.86. The second-order valence-corrected chi connectivity index (χ2v) is 6.05. The molecular formula is C19H29NO3. The average molecular weight is 319 g/mol. The van der Waals surface area contributed by atoms with Crippen molar-refractivity contribution in [1.82, 2.24) is 5.32 Å². The van der Waals surface area contributed by atoms with Gasteiger partial charge in [-0.05, 0) is 57.4 Å². The zero-order chi connectivity index (χ0) is 17.3. The third-order valence-corrected chi connectivity index (χ3v) is 3.50. The maximum Gasteiger partial charge on any atom is 0.244 e. The van der Waals surface area contributed by atoms with Gasteiger partial charge in [0.2, 0.25) is 5.91 Å². The molecule has 1 N–H and O–H groups in total. The summed E-state index contributed by atoms with van der Waals surface area (Å²) in [7, 11) is 0. The summed E-state index contributed by atoms with van der Waals surface area (Å²) in [6.45, 7) is 11.3. The van der Waals surface area contributed by atoms with Gasteiger partial charge in [-0.1, -0.05) is 19.9 Å². The van der Waals surface area contributed by atoms with Gasteiger partial charge in [0.05, 0.1) is 13.2 Å². The third kappa shape index (κ3) is 6.76. The van der Waals surface area contributed by atoms with E-state index in [1.54, 1.807) is 12.2 Å². The van der Waals surface area contributed by atoms with Crippen LogP contribution in [0.5, 0.6) is 11.5 Å². The van der Waals surface area contributed by atoms with Crippen molar-refractivity contribution in [3.8, 4) is 11.5 Å². The lowest BCUT2D eigenvalue weighted by molar-refractivity contribution is -0.117. The zero-order valence-corrected chi connectivity index (χ0v) is 14.9. The molecule has 0 saturated heterocycles. The molecule has 0 aliphatic heterocycles. The van der Waals surface area contributed by atoms with Crippen molar-refractivity contribution in [3.05, 3.63) is 29.8 Å². The highest BCUT2D eigenvalue weighted by Gasteiger charge is 2.15. The minimum atomic E-state index is -0.199. The van der Waals surface area contributed by atoms with Crippen LogP contribution in [0, 0.1) is 0 Å². The van der Waals surface area contributed by atoms with E-state index < -0.39 is 0 Å². The molecule has 1 aromatic rings. The Hall–Kier alpha value is -1.97. The van der Waals surface area contributed by atoms with Crippen molar-refractivity contribution in [3.63, 3.8) is 0 Å². The summed E-state index contributed by atoms with van der Waals surface area (Å²) in [5.74, 6) is 1.35. The van der Waals surface area contributed by atoms with Crippen molar-refractivity contribution in [2.45, 2.75) is 53.0 Å². The lowest BCUT2D eigenvalue weighted by atomic mass is 10.0. The Kier molecular flexibility index (Phi) is 7.66. The summed E-state index contributed by atoms with van der Waals surface area (Å²) < 4.78 is 11.3. The van der Waals surface area contributed by atoms with Crippen LogP contribution >= 0.6 is 0 Å². The maximum atomic E-state index is 12.0. The highest BCUT2D eigenvalue weighted by Crippen LogP contribution is 2.29. The predicted molar refractivity (Wildman–Crippen MR) is 94.9 cm³/mol. The van der Waals surface area contributed by atoms with Gasteiger partial charge >= 0.3 is 0 Å². The standard InChI is InChI=1S/C19H29NO3/c1-6-13-23-16-11-9-15(14-17(16)22-8-3)10-12-18(21)20-19(4,5)7-2/h9-12,14H,6-8,13H2,1-5H3,(H,20,21). The number of carbonyl (C=O) groups excluding carboxylic acids is 1. The number of nitrogens with one attached hydrogen (secondary N) is 1. The lowest BCUT2D eigenvalue weighted by Gasteiger charge is -2.23. The number of amides is 1. The Morgan fingerprint density at radius 1 is 1.17 bits per heavy atom. The van der Waals surface area contributed by atoms with Gasteiger partial charge in [0.1, 0.15) is 0 Å². The van der Waals surface area contributed by atoms with E-state index in [0.29, 0.717) is 19.0 Å². The largest absolute Gasteiger partial charge is 0.490 e. The van der Waals surface area contributed by atoms with Gasteiger partial charge in [0.15, 0.2) is 11.5 Å². The van der Waals surface area contributed by atoms with E-state index in [0.717, 1.165) is 24.2 Å². The Balaban J connectivity index is 2.82. The van der Waals surface area contributed by atoms with Crippen LogP contribution in [-0.4, -0.2) is 24.7 Å². The van der Waals surface area contributed by atoms with Gasteiger partial charge in [-0.3, -0.25) is 4.79 Å². The molecule has 0 aliphatic rings. The molecule has 0 aliphatic carbocycles. The van der Waals surface area contributed by atoms with Crippen LogP contribution in [-0.2, 0) is 4.79 Å². The highest BCUT2D eigenvalue weighted by molar-refractivity contribution is 5.92. The first-order valence-electron chi connectivity index (χ1n) is 8.31. The smallest absolute Gasteiger partial charge is 0.244 e. The number of rotatable bonds is 9. The number of hydrogen-bond acceptors (Lipinski definition) is 3. The average Bonchev–Trinajstić information content (AvgIpc) is 2.52. The van der Waals surface area contributed by atoms with Crippen molar-refractivity contribution in [2.24, 2.45) is 0 Å². The lowest BCUT2D eigenvalue weighted by Crippen LogP contribution is -2.41. The van der Waals surface area contributed by atoms with Crippen LogP contribution < -0.4 is 14.8 Å². The minimum absolute atomic E-state index is 0.0962. The summed E-state index contributed by atoms with van der Waals surface area (Å²) in [5, 5.41) is 2.97. The minimum Gasteiger partial charge on any atom is -0.490 e. The van der Waals surface area contributed by atoms with Gasteiger partial charge in [-0.2, -0.15) is 0 Å². The Morgan fingerprint density at radius 3 is 2.52 bits per heavy atom. The van der Waals surface area contributed by atoms with Crippen LogP contribution in [0.4, 0.5) is 0 Å². The van der Waals surface area contributed by atoms with Gasteiger partial charge in [0.25, 0.3) is 0 Å². The molecule has 0 unspecified atom stereocenters. The van der Waals surface area contributed by atoms with E-state index in [2.05, 4.69) is 12.2 Å². The second kappa shape index (κ2) is 9.23. The van der Waals surface area contributed by atoms with Crippen molar-refractivity contribution >= 4 is 12.0 Å². The molecule has 1 rings (SSSR count). The zero-order valence-electron chi connectivity index (χ0n) is 14.9. The quantitative estimate of drug-likeness (QED) is 0.694. The van der Waals surface area contributed by atoms with Crippen LogP contribution in [0.15, 0.2) is 24.3 Å². The number of carbonyl (C=O) groups is 1. The first-order chi connectivity index (χ1) is 10.9. The first kappa shape index (κ1) is 19.1. The van der Waals surface area contributed by atoms with Crippen LogP contribution in [0.2, 0.25) is 0 Å². The summed E-state index contributed by atoms with van der Waals surface area (Å²) in [6.07, 6.45) is 5.16. The van der Waals surface area contributed by atoms with Crippen molar-refractivity contribution in [1.29, 1.82) is 0 Å². The van der Waals surface area contributed by atoms with Gasteiger partial charge in [-0.15, -0.1) is 0 Å². The summed E-state index contributed by atoms with van der Waals surface area (Å²) in [5.41, 5.74) is 0.706. The molecule has 0 aromatic heterocycles. The Bertz CT molecular complexity index is 535. The van der Waals surface area contributed by atoms with Crippen LogP contribution in [0.25, 0.3) is 6.08 Å². The molecular weight excluding hydrogens is 290 g/mol. The highest BCUT2D eigenvalue weighted by atomic mass is 16.5. The van der Waals surface area contributed by atoms with Gasteiger partial charge in [-0.25, -0.2) is 0 Å². The van der Waals surface area contributed by atoms with Gasteiger partial charge < -0.3 is 14.8 Å². The SMILES string of the molecule is CCCOc1ccc(C=CC(=O)NC(C)(C)CC)cc1OCC. The molecule has 4 heteroatoms. The van der Waals surface area contributed by atoms with E-state index in [9.17, 15) is 4.79 Å². The summed E-state index contributed by atoms with van der Waals surface area (Å²) in [4.78, 5) is 12.0. The molecule has 0 radical (unpaired) electrons. The molecule has 1 aromatic carbocycles. The molecule has 4 nitrogen and oxygen atoms in total. The normalized spacial score (nSPS) is 11.5. The molecule has 0 heterocycles. The molecule has 128 valence electrons. The van der Waals surface area contributed by atoms with E-state index in [1.807, 2.05) is 45.9 Å². The fourth-order valence-electron chi connectivity index (χ4n) is 1.86. The van der Waals surface area contributed by atoms with Crippen LogP contribution in [0.1, 0.15) is 53.0 Å². The fraction of sp³-hybridized carbons (Fsp3) is 0.526. The van der Waals surface area contributed by atoms with Crippen molar-refractivity contribution < 1.29 is 14.3 Å². The van der Waals surface area contributed by atoms with E-state index in [4.69, 9.17) is 9.47 Å². The van der Waals surface area contributed by atoms with E-state index in [-0.39, 0.29) is 11.4 Å². The number of benzene rings is 1. The molecule has 0 spiro atoms. The second-order valence-electron chi connectivity index (χ2n) is 6.05. The molecule has 23 heavy (non-hydrogen) atoms. The monoisotopic (exact) mass is 319 g/mol. The van der Waals surface area contributed by atoms with Crippen molar-refractivity contribution in [2.75, 3.05) is 13.2 Å². The molecule has 1 amide bonds. The van der Waals surface area contributed by atoms with Gasteiger partial charge in [0, 0.05) is 11.6 Å². The number of hydrogen-bond donors (Lipinski definition) is 1. The molecule has 0 atom stereocenters. The molecule has 0 fully saturated rings. The molecule has 0 bridgehead atoms. The third-order valence-electron chi connectivity index (χ3n) is 3.50. The molecule has 0 saturated carbocycles.